The smallest absolute Gasteiger partial charge is 0.410 e. The van der Waals surface area contributed by atoms with E-state index in [9.17, 15) is 9.59 Å². The zero-order valence-corrected chi connectivity index (χ0v) is 13.2. The van der Waals surface area contributed by atoms with Crippen LogP contribution in [-0.4, -0.2) is 34.3 Å². The Bertz CT molecular complexity index is 652. The number of rotatable bonds is 2. The molecule has 2 rings (SSSR count). The van der Waals surface area contributed by atoms with Crippen LogP contribution in [-0.2, 0) is 11.3 Å². The molecule has 6 heteroatoms. The summed E-state index contributed by atoms with van der Waals surface area (Å²) in [6, 6.07) is 4.91. The minimum atomic E-state index is -0.501. The summed E-state index contributed by atoms with van der Waals surface area (Å²) in [5.74, 6) is 0.221. The number of carbonyl (C=O) groups excluding carboxylic acids is 1. The summed E-state index contributed by atoms with van der Waals surface area (Å²) in [6.07, 6.45) is 2.17. The van der Waals surface area contributed by atoms with Gasteiger partial charge in [-0.15, -0.1) is 0 Å². The summed E-state index contributed by atoms with van der Waals surface area (Å²) in [4.78, 5) is 25.6. The molecular weight excluding hydrogens is 282 g/mol. The number of ether oxygens (including phenoxy) is 1. The van der Waals surface area contributed by atoms with Crippen LogP contribution in [0.4, 0.5) is 4.79 Å². The van der Waals surface area contributed by atoms with E-state index in [1.807, 2.05) is 26.8 Å². The highest BCUT2D eigenvalue weighted by Gasteiger charge is 2.29. The Balaban J connectivity index is 1.96. The van der Waals surface area contributed by atoms with Gasteiger partial charge < -0.3 is 14.2 Å². The molecular formula is C16H21N3O3. The number of amides is 1. The van der Waals surface area contributed by atoms with E-state index < -0.39 is 5.60 Å². The SMILES string of the molecule is CC(C)(C)OC(=O)N1CCC(Cn2ccc(C#N)cc2=O)C1. The maximum absolute atomic E-state index is 12.0. The van der Waals surface area contributed by atoms with Crippen molar-refractivity contribution in [1.29, 1.82) is 5.26 Å². The van der Waals surface area contributed by atoms with Gasteiger partial charge in [0.2, 0.25) is 0 Å². The first-order chi connectivity index (χ1) is 10.3. The van der Waals surface area contributed by atoms with Gasteiger partial charge in [-0.05, 0) is 39.2 Å². The Labute approximate surface area is 129 Å². The number of nitrogens with zero attached hydrogens (tertiary/aromatic N) is 3. The number of carbonyl (C=O) groups is 1. The van der Waals surface area contributed by atoms with Crippen molar-refractivity contribution >= 4 is 6.09 Å². The number of hydrogen-bond acceptors (Lipinski definition) is 4. The van der Waals surface area contributed by atoms with Crippen molar-refractivity contribution in [2.24, 2.45) is 5.92 Å². The minimum absolute atomic E-state index is 0.185. The minimum Gasteiger partial charge on any atom is -0.444 e. The van der Waals surface area contributed by atoms with Crippen LogP contribution in [0.1, 0.15) is 32.8 Å². The second-order valence-electron chi connectivity index (χ2n) is 6.60. The van der Waals surface area contributed by atoms with E-state index in [0.29, 0.717) is 25.2 Å². The summed E-state index contributed by atoms with van der Waals surface area (Å²) >= 11 is 0. The standard InChI is InChI=1S/C16H21N3O3/c1-16(2,3)22-15(21)19-7-5-13(11-19)10-18-6-4-12(9-17)8-14(18)20/h4,6,8,13H,5,7,10-11H2,1-3H3. The molecule has 1 atom stereocenters. The molecule has 0 aliphatic carbocycles. The molecule has 0 saturated carbocycles. The highest BCUT2D eigenvalue weighted by atomic mass is 16.6. The number of aromatic nitrogens is 1. The van der Waals surface area contributed by atoms with Crippen LogP contribution < -0.4 is 5.56 Å². The second kappa shape index (κ2) is 6.22. The molecule has 1 aromatic rings. The summed E-state index contributed by atoms with van der Waals surface area (Å²) in [6.45, 7) is 7.30. The zero-order valence-electron chi connectivity index (χ0n) is 13.2. The molecule has 1 aromatic heterocycles. The van der Waals surface area contributed by atoms with Crippen LogP contribution in [0.3, 0.4) is 0 Å². The quantitative estimate of drug-likeness (QED) is 0.837. The van der Waals surface area contributed by atoms with Crippen LogP contribution >= 0.6 is 0 Å². The molecule has 6 nitrogen and oxygen atoms in total. The lowest BCUT2D eigenvalue weighted by molar-refractivity contribution is 0.0287. The highest BCUT2D eigenvalue weighted by Crippen LogP contribution is 2.20. The number of hydrogen-bond donors (Lipinski definition) is 0. The first-order valence-corrected chi connectivity index (χ1v) is 7.37. The number of pyridine rings is 1. The van der Waals surface area contributed by atoms with Gasteiger partial charge in [0.1, 0.15) is 5.60 Å². The van der Waals surface area contributed by atoms with Gasteiger partial charge in [0, 0.05) is 31.9 Å². The van der Waals surface area contributed by atoms with Crippen molar-refractivity contribution in [1.82, 2.24) is 9.47 Å². The van der Waals surface area contributed by atoms with E-state index in [4.69, 9.17) is 10.00 Å². The topological polar surface area (TPSA) is 75.3 Å². The molecule has 118 valence electrons. The van der Waals surface area contributed by atoms with E-state index in [1.54, 1.807) is 21.7 Å². The molecule has 1 saturated heterocycles. The molecule has 0 bridgehead atoms. The zero-order chi connectivity index (χ0) is 16.3. The predicted octanol–water partition coefficient (Wildman–Crippen LogP) is 1.98. The Morgan fingerprint density at radius 2 is 2.23 bits per heavy atom. The average molecular weight is 303 g/mol. The Morgan fingerprint density at radius 1 is 1.50 bits per heavy atom. The maximum atomic E-state index is 12.0. The van der Waals surface area contributed by atoms with E-state index in [0.717, 1.165) is 6.42 Å². The fourth-order valence-electron chi connectivity index (χ4n) is 2.48. The molecule has 2 heterocycles. The molecule has 1 fully saturated rings. The molecule has 0 N–H and O–H groups in total. The van der Waals surface area contributed by atoms with Crippen molar-refractivity contribution in [2.45, 2.75) is 39.3 Å². The largest absolute Gasteiger partial charge is 0.444 e. The Morgan fingerprint density at radius 3 is 2.82 bits per heavy atom. The van der Waals surface area contributed by atoms with Crippen molar-refractivity contribution < 1.29 is 9.53 Å². The van der Waals surface area contributed by atoms with Gasteiger partial charge in [-0.25, -0.2) is 4.79 Å². The molecule has 1 aliphatic heterocycles. The van der Waals surface area contributed by atoms with E-state index >= 15 is 0 Å². The van der Waals surface area contributed by atoms with Gasteiger partial charge in [-0.2, -0.15) is 5.26 Å². The van der Waals surface area contributed by atoms with Gasteiger partial charge in [-0.1, -0.05) is 0 Å². The molecule has 0 spiro atoms. The molecule has 1 aliphatic rings. The Hall–Kier alpha value is -2.29. The van der Waals surface area contributed by atoms with Crippen molar-refractivity contribution in [2.75, 3.05) is 13.1 Å². The fraction of sp³-hybridized carbons (Fsp3) is 0.562. The van der Waals surface area contributed by atoms with Gasteiger partial charge in [0.05, 0.1) is 11.6 Å². The van der Waals surface area contributed by atoms with Gasteiger partial charge in [0.15, 0.2) is 0 Å². The summed E-state index contributed by atoms with van der Waals surface area (Å²) in [7, 11) is 0. The maximum Gasteiger partial charge on any atom is 0.410 e. The molecule has 0 aromatic carbocycles. The fourth-order valence-corrected chi connectivity index (χ4v) is 2.48. The van der Waals surface area contributed by atoms with Crippen LogP contribution in [0.25, 0.3) is 0 Å². The Kier molecular flexibility index (Phi) is 4.55. The lowest BCUT2D eigenvalue weighted by atomic mass is 10.1. The van der Waals surface area contributed by atoms with Gasteiger partial charge in [0.25, 0.3) is 5.56 Å². The van der Waals surface area contributed by atoms with Crippen LogP contribution in [0.5, 0.6) is 0 Å². The van der Waals surface area contributed by atoms with Crippen molar-refractivity contribution in [3.05, 3.63) is 34.2 Å². The molecule has 1 amide bonds. The summed E-state index contributed by atoms with van der Waals surface area (Å²) < 4.78 is 6.94. The third-order valence-corrected chi connectivity index (χ3v) is 3.52. The first-order valence-electron chi connectivity index (χ1n) is 7.37. The lowest BCUT2D eigenvalue weighted by Crippen LogP contribution is -2.35. The number of nitriles is 1. The summed E-state index contributed by atoms with van der Waals surface area (Å²) in [5.41, 5.74) is -0.322. The highest BCUT2D eigenvalue weighted by molar-refractivity contribution is 5.68. The molecule has 1 unspecified atom stereocenters. The summed E-state index contributed by atoms with van der Waals surface area (Å²) in [5, 5.41) is 8.77. The monoisotopic (exact) mass is 303 g/mol. The van der Waals surface area contributed by atoms with Gasteiger partial charge >= 0.3 is 6.09 Å². The molecule has 22 heavy (non-hydrogen) atoms. The predicted molar refractivity (Wildman–Crippen MR) is 81.3 cm³/mol. The first kappa shape index (κ1) is 16.1. The second-order valence-corrected chi connectivity index (χ2v) is 6.60. The van der Waals surface area contributed by atoms with Crippen LogP contribution in [0.15, 0.2) is 23.1 Å². The lowest BCUT2D eigenvalue weighted by Gasteiger charge is -2.24. The van der Waals surface area contributed by atoms with E-state index in [1.165, 1.54) is 6.07 Å². The average Bonchev–Trinajstić information content (AvgIpc) is 2.88. The van der Waals surface area contributed by atoms with E-state index in [-0.39, 0.29) is 17.6 Å². The van der Waals surface area contributed by atoms with E-state index in [2.05, 4.69) is 0 Å². The van der Waals surface area contributed by atoms with Gasteiger partial charge in [-0.3, -0.25) is 4.79 Å². The van der Waals surface area contributed by atoms with Crippen molar-refractivity contribution in [3.63, 3.8) is 0 Å². The van der Waals surface area contributed by atoms with Crippen LogP contribution in [0.2, 0.25) is 0 Å². The number of likely N-dealkylation sites (tertiary alicyclic amines) is 1. The van der Waals surface area contributed by atoms with Crippen LogP contribution in [0, 0.1) is 17.2 Å². The normalized spacial score (nSPS) is 18.1. The molecule has 0 radical (unpaired) electrons. The van der Waals surface area contributed by atoms with Crippen molar-refractivity contribution in [3.8, 4) is 6.07 Å². The third-order valence-electron chi connectivity index (χ3n) is 3.52. The third kappa shape index (κ3) is 4.10.